The Morgan fingerprint density at radius 2 is 1.78 bits per heavy atom. The summed E-state index contributed by atoms with van der Waals surface area (Å²) < 4.78 is 5.38. The summed E-state index contributed by atoms with van der Waals surface area (Å²) in [6.45, 7) is 14.3. The van der Waals surface area contributed by atoms with E-state index in [-0.39, 0.29) is 36.1 Å². The summed E-state index contributed by atoms with van der Waals surface area (Å²) in [5.41, 5.74) is 2.10. The molecule has 2 saturated heterocycles. The number of hydrogen-bond donors (Lipinski definition) is 2. The smallest absolute Gasteiger partial charge is 0.407 e. The monoisotopic (exact) mass is 557 g/mol. The standard InChI is InChI=1S/C24H39N5O2.HI/c1-5-25-22(29-15-12-21(18-29)27-23(30)31-24(2,3)4)26-16-19-8-10-20(11-9-19)17-28-13-6-7-14-28;/h8-11,21H,5-7,12-18H2,1-4H3,(H,25,26)(H,27,30);1H. The van der Waals surface area contributed by atoms with Crippen molar-refractivity contribution in [3.63, 3.8) is 0 Å². The zero-order chi connectivity index (χ0) is 22.3. The van der Waals surface area contributed by atoms with Crippen molar-refractivity contribution in [3.8, 4) is 0 Å². The summed E-state index contributed by atoms with van der Waals surface area (Å²) in [6, 6.07) is 8.91. The number of carbonyl (C=O) groups excluding carboxylic acids is 1. The molecule has 0 radical (unpaired) electrons. The van der Waals surface area contributed by atoms with Gasteiger partial charge in [-0.25, -0.2) is 9.79 Å². The second-order valence-electron chi connectivity index (χ2n) is 9.55. The van der Waals surface area contributed by atoms with E-state index in [1.54, 1.807) is 0 Å². The highest BCUT2D eigenvalue weighted by Crippen LogP contribution is 2.15. The van der Waals surface area contributed by atoms with E-state index in [1.807, 2.05) is 20.8 Å². The van der Waals surface area contributed by atoms with Crippen LogP contribution in [-0.2, 0) is 17.8 Å². The Balaban J connectivity index is 0.00000363. The molecular weight excluding hydrogens is 517 g/mol. The molecule has 1 amide bonds. The number of nitrogens with zero attached hydrogens (tertiary/aromatic N) is 3. The molecule has 2 fully saturated rings. The minimum absolute atomic E-state index is 0. The third-order valence-electron chi connectivity index (χ3n) is 5.58. The van der Waals surface area contributed by atoms with Crippen LogP contribution in [0.1, 0.15) is 58.1 Å². The van der Waals surface area contributed by atoms with Crippen LogP contribution < -0.4 is 10.6 Å². The highest BCUT2D eigenvalue weighted by molar-refractivity contribution is 14.0. The third-order valence-corrected chi connectivity index (χ3v) is 5.58. The van der Waals surface area contributed by atoms with Crippen LogP contribution in [0.15, 0.2) is 29.3 Å². The van der Waals surface area contributed by atoms with Crippen LogP contribution in [-0.4, -0.2) is 66.2 Å². The second-order valence-corrected chi connectivity index (χ2v) is 9.55. The number of carbonyl (C=O) groups is 1. The molecular formula is C24H40IN5O2. The molecule has 3 rings (SSSR count). The number of guanidine groups is 1. The van der Waals surface area contributed by atoms with Gasteiger partial charge in [-0.3, -0.25) is 4.90 Å². The molecule has 2 N–H and O–H groups in total. The fourth-order valence-corrected chi connectivity index (χ4v) is 4.09. The summed E-state index contributed by atoms with van der Waals surface area (Å²) in [6.07, 6.45) is 3.18. The Bertz CT molecular complexity index is 742. The Kier molecular flexibility index (Phi) is 10.5. The number of rotatable bonds is 6. The third kappa shape index (κ3) is 8.77. The summed E-state index contributed by atoms with van der Waals surface area (Å²) >= 11 is 0. The number of halogens is 1. The van der Waals surface area contributed by atoms with Crippen LogP contribution in [0.25, 0.3) is 0 Å². The van der Waals surface area contributed by atoms with Crippen molar-refractivity contribution < 1.29 is 9.53 Å². The average Bonchev–Trinajstić information content (AvgIpc) is 3.37. The molecule has 8 heteroatoms. The van der Waals surface area contributed by atoms with E-state index >= 15 is 0 Å². The second kappa shape index (κ2) is 12.6. The molecule has 0 spiro atoms. The number of nitrogens with one attached hydrogen (secondary N) is 2. The van der Waals surface area contributed by atoms with Crippen LogP contribution in [0, 0.1) is 0 Å². The SMILES string of the molecule is CCNC(=NCc1ccc(CN2CCCC2)cc1)N1CCC(NC(=O)OC(C)(C)C)C1.I. The van der Waals surface area contributed by atoms with Crippen molar-refractivity contribution in [1.82, 2.24) is 20.4 Å². The van der Waals surface area contributed by atoms with E-state index in [4.69, 9.17) is 9.73 Å². The predicted molar refractivity (Wildman–Crippen MR) is 141 cm³/mol. The van der Waals surface area contributed by atoms with Crippen LogP contribution in [0.2, 0.25) is 0 Å². The molecule has 1 aromatic rings. The first-order valence-electron chi connectivity index (χ1n) is 11.7. The Morgan fingerprint density at radius 3 is 2.41 bits per heavy atom. The van der Waals surface area contributed by atoms with Crippen molar-refractivity contribution in [2.45, 2.75) is 71.7 Å². The Labute approximate surface area is 210 Å². The largest absolute Gasteiger partial charge is 0.444 e. The van der Waals surface area contributed by atoms with Gasteiger partial charge in [-0.2, -0.15) is 0 Å². The highest BCUT2D eigenvalue weighted by Gasteiger charge is 2.27. The number of alkyl carbamates (subject to hydrolysis) is 1. The van der Waals surface area contributed by atoms with Gasteiger partial charge in [0.25, 0.3) is 0 Å². The number of benzene rings is 1. The van der Waals surface area contributed by atoms with Crippen molar-refractivity contribution in [1.29, 1.82) is 0 Å². The highest BCUT2D eigenvalue weighted by atomic mass is 127. The lowest BCUT2D eigenvalue weighted by atomic mass is 10.1. The first-order chi connectivity index (χ1) is 14.8. The van der Waals surface area contributed by atoms with Crippen LogP contribution >= 0.6 is 24.0 Å². The molecule has 2 aliphatic rings. The fraction of sp³-hybridized carbons (Fsp3) is 0.667. The van der Waals surface area contributed by atoms with Gasteiger partial charge < -0.3 is 20.3 Å². The van der Waals surface area contributed by atoms with Crippen molar-refractivity contribution in [3.05, 3.63) is 35.4 Å². The quantitative estimate of drug-likeness (QED) is 0.315. The number of ether oxygens (including phenoxy) is 1. The molecule has 1 atom stereocenters. The molecule has 0 saturated carbocycles. The van der Waals surface area contributed by atoms with E-state index in [0.29, 0.717) is 6.54 Å². The van der Waals surface area contributed by atoms with E-state index < -0.39 is 5.60 Å². The van der Waals surface area contributed by atoms with Crippen molar-refractivity contribution >= 4 is 36.0 Å². The molecule has 32 heavy (non-hydrogen) atoms. The van der Waals surface area contributed by atoms with E-state index in [9.17, 15) is 4.79 Å². The fourth-order valence-electron chi connectivity index (χ4n) is 4.09. The lowest BCUT2D eigenvalue weighted by Gasteiger charge is -2.23. The molecule has 0 aliphatic carbocycles. The van der Waals surface area contributed by atoms with Crippen LogP contribution in [0.4, 0.5) is 4.79 Å². The lowest BCUT2D eigenvalue weighted by molar-refractivity contribution is 0.0507. The van der Waals surface area contributed by atoms with Gasteiger partial charge in [0.05, 0.1) is 12.6 Å². The van der Waals surface area contributed by atoms with Gasteiger partial charge >= 0.3 is 6.09 Å². The lowest BCUT2D eigenvalue weighted by Crippen LogP contribution is -2.44. The average molecular weight is 558 g/mol. The van der Waals surface area contributed by atoms with E-state index in [1.165, 1.54) is 37.1 Å². The predicted octanol–water partition coefficient (Wildman–Crippen LogP) is 3.96. The maximum Gasteiger partial charge on any atom is 0.407 e. The summed E-state index contributed by atoms with van der Waals surface area (Å²) in [5, 5.41) is 6.37. The van der Waals surface area contributed by atoms with Gasteiger partial charge in [-0.15, -0.1) is 24.0 Å². The Hall–Kier alpha value is -1.55. The van der Waals surface area contributed by atoms with Crippen LogP contribution in [0.3, 0.4) is 0 Å². The normalized spacial score (nSPS) is 19.6. The van der Waals surface area contributed by atoms with Gasteiger partial charge in [0.2, 0.25) is 0 Å². The molecule has 180 valence electrons. The summed E-state index contributed by atoms with van der Waals surface area (Å²) in [7, 11) is 0. The zero-order valence-corrected chi connectivity index (χ0v) is 22.4. The summed E-state index contributed by atoms with van der Waals surface area (Å²) in [5.74, 6) is 0.900. The Morgan fingerprint density at radius 1 is 1.12 bits per heavy atom. The molecule has 0 aromatic heterocycles. The number of aliphatic imine (C=N–C) groups is 1. The maximum absolute atomic E-state index is 12.1. The zero-order valence-electron chi connectivity index (χ0n) is 20.0. The number of amides is 1. The molecule has 2 aliphatic heterocycles. The molecule has 0 bridgehead atoms. The number of likely N-dealkylation sites (tertiary alicyclic amines) is 2. The van der Waals surface area contributed by atoms with Gasteiger partial charge in [0.1, 0.15) is 5.60 Å². The van der Waals surface area contributed by atoms with E-state index in [2.05, 4.69) is 51.6 Å². The van der Waals surface area contributed by atoms with Gasteiger partial charge in [-0.1, -0.05) is 24.3 Å². The van der Waals surface area contributed by atoms with Crippen molar-refractivity contribution in [2.24, 2.45) is 4.99 Å². The van der Waals surface area contributed by atoms with Gasteiger partial charge in [0.15, 0.2) is 5.96 Å². The van der Waals surface area contributed by atoms with Gasteiger partial charge in [0, 0.05) is 26.2 Å². The summed E-state index contributed by atoms with van der Waals surface area (Å²) in [4.78, 5) is 21.6. The number of hydrogen-bond acceptors (Lipinski definition) is 4. The first kappa shape index (κ1) is 26.7. The molecule has 1 aromatic carbocycles. The topological polar surface area (TPSA) is 69.2 Å². The molecule has 7 nitrogen and oxygen atoms in total. The minimum Gasteiger partial charge on any atom is -0.444 e. The molecule has 2 heterocycles. The van der Waals surface area contributed by atoms with Crippen molar-refractivity contribution in [2.75, 3.05) is 32.7 Å². The molecule has 1 unspecified atom stereocenters. The van der Waals surface area contributed by atoms with Gasteiger partial charge in [-0.05, 0) is 71.2 Å². The minimum atomic E-state index is -0.483. The first-order valence-corrected chi connectivity index (χ1v) is 11.7. The van der Waals surface area contributed by atoms with E-state index in [0.717, 1.165) is 38.6 Å². The van der Waals surface area contributed by atoms with Crippen LogP contribution in [0.5, 0.6) is 0 Å². The maximum atomic E-state index is 12.1.